The fraction of sp³-hybridized carbons (Fsp3) is 0. The normalized spacial score (nSPS) is 11.7. The van der Waals surface area contributed by atoms with Gasteiger partial charge in [-0.25, -0.2) is 15.0 Å². The monoisotopic (exact) mass is 827 g/mol. The lowest BCUT2D eigenvalue weighted by Gasteiger charge is -2.17. The first kappa shape index (κ1) is 36.9. The van der Waals surface area contributed by atoms with Crippen molar-refractivity contribution in [2.45, 2.75) is 0 Å². The number of furan rings is 1. The Hall–Kier alpha value is -8.73. The van der Waals surface area contributed by atoms with E-state index >= 15 is 0 Å². The zero-order valence-electron chi connectivity index (χ0n) is 35.1. The second-order valence-electron chi connectivity index (χ2n) is 16.7. The molecule has 3 aromatic heterocycles. The lowest BCUT2D eigenvalue weighted by atomic mass is 9.88. The molecule has 302 valence electrons. The van der Waals surface area contributed by atoms with E-state index in [9.17, 15) is 0 Å². The summed E-state index contributed by atoms with van der Waals surface area (Å²) < 4.78 is 6.77. The second-order valence-corrected chi connectivity index (χ2v) is 16.7. The predicted octanol–water partition coefficient (Wildman–Crippen LogP) is 16.4. The number of hydrogen-bond donors (Lipinski definition) is 0. The fourth-order valence-electron chi connectivity index (χ4n) is 9.83. The molecule has 0 bridgehead atoms. The van der Waals surface area contributed by atoms with Gasteiger partial charge in [-0.3, -0.25) is 0 Å². The number of hydrogen-bond acceptors (Lipinski definition) is 4. The molecule has 65 heavy (non-hydrogen) atoms. The van der Waals surface area contributed by atoms with E-state index in [2.05, 4.69) is 218 Å². The quantitative estimate of drug-likeness (QED) is 0.157. The van der Waals surface area contributed by atoms with Crippen molar-refractivity contribution >= 4 is 65.2 Å². The third-order valence-corrected chi connectivity index (χ3v) is 12.9. The van der Waals surface area contributed by atoms with Gasteiger partial charge in [-0.15, -0.1) is 0 Å². The Labute approximate surface area is 374 Å². The largest absolute Gasteiger partial charge is 0.456 e. The van der Waals surface area contributed by atoms with Crippen LogP contribution in [-0.4, -0.2) is 15.0 Å². The van der Waals surface area contributed by atoms with Crippen LogP contribution in [0, 0.1) is 0 Å². The summed E-state index contributed by atoms with van der Waals surface area (Å²) in [4.78, 5) is 16.2. The summed E-state index contributed by atoms with van der Waals surface area (Å²) in [6.45, 7) is 0. The van der Waals surface area contributed by atoms with Crippen LogP contribution in [-0.2, 0) is 0 Å². The van der Waals surface area contributed by atoms with Gasteiger partial charge in [-0.1, -0.05) is 194 Å². The van der Waals surface area contributed by atoms with Gasteiger partial charge in [-0.05, 0) is 68.6 Å². The SMILES string of the molecule is c1ccc(-c2ccc(-c3nc4ccccc4c4c(-c5cccc(-c6cc(-c7cccc8ccccc78)nc(-c7cccc8ccccc78)n6)c5)c5c(cc34)oc3ccccc35)cc2)cc1. The van der Waals surface area contributed by atoms with Gasteiger partial charge >= 0.3 is 0 Å². The van der Waals surface area contributed by atoms with Gasteiger partial charge < -0.3 is 4.42 Å². The average Bonchev–Trinajstić information content (AvgIpc) is 3.76. The smallest absolute Gasteiger partial charge is 0.161 e. The summed E-state index contributed by atoms with van der Waals surface area (Å²) in [5.41, 5.74) is 13.8. The molecular weight excluding hydrogens is 791 g/mol. The minimum atomic E-state index is 0.681. The summed E-state index contributed by atoms with van der Waals surface area (Å²) in [6.07, 6.45) is 0. The number of benzene rings is 10. The highest BCUT2D eigenvalue weighted by atomic mass is 16.3. The molecule has 0 fully saturated rings. The van der Waals surface area contributed by atoms with Crippen LogP contribution in [0.1, 0.15) is 0 Å². The molecule has 0 saturated heterocycles. The standard InChI is InChI=1S/C61H37N3O/c1-2-15-38(16-3-1)39-31-33-42(34-32-39)60-51-36-56-59(50-26-9-11-30-55(50)65-56)57(58(51)49-25-8-10-29-52(49)62-60)44-22-12-21-43(35-44)53-37-54(47-27-13-19-40-17-4-6-23-45(40)47)64-61(63-53)48-28-14-20-41-18-5-7-24-46(41)48/h1-37H. The average molecular weight is 828 g/mol. The summed E-state index contributed by atoms with van der Waals surface area (Å²) in [6, 6.07) is 79.1. The molecule has 0 saturated carbocycles. The maximum Gasteiger partial charge on any atom is 0.161 e. The molecule has 0 atom stereocenters. The van der Waals surface area contributed by atoms with E-state index in [0.717, 1.165) is 116 Å². The lowest BCUT2D eigenvalue weighted by Crippen LogP contribution is -1.97. The van der Waals surface area contributed by atoms with Crippen molar-refractivity contribution < 1.29 is 4.42 Å². The third-order valence-electron chi connectivity index (χ3n) is 12.9. The molecule has 13 aromatic rings. The van der Waals surface area contributed by atoms with Crippen LogP contribution in [0.25, 0.3) is 133 Å². The lowest BCUT2D eigenvalue weighted by molar-refractivity contribution is 0.669. The van der Waals surface area contributed by atoms with Crippen molar-refractivity contribution in [2.24, 2.45) is 0 Å². The zero-order chi connectivity index (χ0) is 42.8. The van der Waals surface area contributed by atoms with Crippen LogP contribution >= 0.6 is 0 Å². The van der Waals surface area contributed by atoms with E-state index in [0.29, 0.717) is 5.82 Å². The van der Waals surface area contributed by atoms with Gasteiger partial charge in [0.25, 0.3) is 0 Å². The van der Waals surface area contributed by atoms with Gasteiger partial charge in [0.1, 0.15) is 11.2 Å². The van der Waals surface area contributed by atoms with Gasteiger partial charge in [0, 0.05) is 54.7 Å². The van der Waals surface area contributed by atoms with E-state index in [1.165, 1.54) is 10.9 Å². The minimum Gasteiger partial charge on any atom is -0.456 e. The van der Waals surface area contributed by atoms with Crippen molar-refractivity contribution in [3.05, 3.63) is 224 Å². The topological polar surface area (TPSA) is 51.8 Å². The van der Waals surface area contributed by atoms with Crippen molar-refractivity contribution in [2.75, 3.05) is 0 Å². The molecule has 0 radical (unpaired) electrons. The molecule has 0 amide bonds. The first-order valence-corrected chi connectivity index (χ1v) is 22.0. The number of rotatable bonds is 6. The molecule has 0 spiro atoms. The molecule has 13 rings (SSSR count). The van der Waals surface area contributed by atoms with Crippen LogP contribution in [0.2, 0.25) is 0 Å². The Morgan fingerprint density at radius 3 is 1.68 bits per heavy atom. The van der Waals surface area contributed by atoms with Crippen LogP contribution in [0.5, 0.6) is 0 Å². The molecule has 0 unspecified atom stereocenters. The predicted molar refractivity (Wildman–Crippen MR) is 270 cm³/mol. The number of para-hydroxylation sites is 2. The Morgan fingerprint density at radius 1 is 0.308 bits per heavy atom. The maximum absolute atomic E-state index is 6.77. The van der Waals surface area contributed by atoms with Crippen LogP contribution in [0.4, 0.5) is 0 Å². The molecular formula is C61H37N3O. The summed E-state index contributed by atoms with van der Waals surface area (Å²) in [5.74, 6) is 0.681. The van der Waals surface area contributed by atoms with Crippen molar-refractivity contribution in [3.8, 4) is 67.4 Å². The van der Waals surface area contributed by atoms with E-state index in [1.54, 1.807) is 0 Å². The van der Waals surface area contributed by atoms with Gasteiger partial charge in [0.05, 0.1) is 22.6 Å². The molecule has 0 aliphatic heterocycles. The Balaban J connectivity index is 1.08. The summed E-state index contributed by atoms with van der Waals surface area (Å²) in [7, 11) is 0. The molecule has 4 heteroatoms. The number of pyridine rings is 1. The summed E-state index contributed by atoms with van der Waals surface area (Å²) in [5, 5.41) is 9.95. The highest BCUT2D eigenvalue weighted by molar-refractivity contribution is 6.28. The first-order chi connectivity index (χ1) is 32.2. The van der Waals surface area contributed by atoms with E-state index in [4.69, 9.17) is 19.4 Å². The maximum atomic E-state index is 6.77. The highest BCUT2D eigenvalue weighted by Gasteiger charge is 2.23. The molecule has 4 nitrogen and oxygen atoms in total. The fourth-order valence-corrected chi connectivity index (χ4v) is 9.83. The Morgan fingerprint density at radius 2 is 0.877 bits per heavy atom. The molecule has 3 heterocycles. The number of aromatic nitrogens is 3. The number of nitrogens with zero attached hydrogens (tertiary/aromatic N) is 3. The summed E-state index contributed by atoms with van der Waals surface area (Å²) >= 11 is 0. The Kier molecular flexibility index (Phi) is 8.50. The van der Waals surface area contributed by atoms with Crippen LogP contribution in [0.3, 0.4) is 0 Å². The third kappa shape index (κ3) is 6.18. The van der Waals surface area contributed by atoms with Gasteiger partial charge in [-0.2, -0.15) is 0 Å². The first-order valence-electron chi connectivity index (χ1n) is 22.0. The molecule has 0 aliphatic carbocycles. The molecule has 0 aliphatic rings. The van der Waals surface area contributed by atoms with E-state index in [-0.39, 0.29) is 0 Å². The molecule has 10 aromatic carbocycles. The van der Waals surface area contributed by atoms with Crippen molar-refractivity contribution in [1.29, 1.82) is 0 Å². The minimum absolute atomic E-state index is 0.681. The van der Waals surface area contributed by atoms with Crippen LogP contribution < -0.4 is 0 Å². The second kappa shape index (κ2) is 15.0. The van der Waals surface area contributed by atoms with Crippen molar-refractivity contribution in [1.82, 2.24) is 15.0 Å². The van der Waals surface area contributed by atoms with E-state index in [1.807, 2.05) is 6.07 Å². The van der Waals surface area contributed by atoms with Gasteiger partial charge in [0.15, 0.2) is 5.82 Å². The van der Waals surface area contributed by atoms with Crippen molar-refractivity contribution in [3.63, 3.8) is 0 Å². The highest BCUT2D eigenvalue weighted by Crippen LogP contribution is 2.47. The van der Waals surface area contributed by atoms with E-state index < -0.39 is 0 Å². The zero-order valence-corrected chi connectivity index (χ0v) is 35.1. The number of fused-ring (bicyclic) bond motifs is 8. The van der Waals surface area contributed by atoms with Gasteiger partial charge in [0.2, 0.25) is 0 Å². The van der Waals surface area contributed by atoms with Crippen LogP contribution in [0.15, 0.2) is 229 Å². The Bertz CT molecular complexity index is 3890. The molecule has 0 N–H and O–H groups in total.